The van der Waals surface area contributed by atoms with Gasteiger partial charge in [-0.3, -0.25) is 10.1 Å². The van der Waals surface area contributed by atoms with E-state index >= 15 is 0 Å². The van der Waals surface area contributed by atoms with Crippen LogP contribution in [0.15, 0.2) is 86.8 Å². The number of benzene rings is 2. The Hall–Kier alpha value is -3.83. The Bertz CT molecular complexity index is 1440. The second-order valence-electron chi connectivity index (χ2n) is 7.18. The monoisotopic (exact) mass is 532 g/mol. The van der Waals surface area contributed by atoms with E-state index in [4.69, 9.17) is 0 Å². The molecular formula is C23H17BrN8OS. The van der Waals surface area contributed by atoms with Crippen LogP contribution in [-0.4, -0.2) is 41.8 Å². The van der Waals surface area contributed by atoms with Gasteiger partial charge < -0.3 is 0 Å². The lowest BCUT2D eigenvalue weighted by Crippen LogP contribution is -2.19. The quantitative estimate of drug-likeness (QED) is 0.236. The van der Waals surface area contributed by atoms with Gasteiger partial charge in [-0.1, -0.05) is 46.3 Å². The Balaban J connectivity index is 1.44. The third-order valence-electron chi connectivity index (χ3n) is 4.85. The van der Waals surface area contributed by atoms with Crippen molar-refractivity contribution < 1.29 is 4.79 Å². The molecule has 2 aromatic carbocycles. The first-order valence-corrected chi connectivity index (χ1v) is 11.8. The fourth-order valence-corrected chi connectivity index (χ4v) is 4.52. The van der Waals surface area contributed by atoms with Crippen LogP contribution in [0.4, 0.5) is 0 Å². The van der Waals surface area contributed by atoms with Crippen LogP contribution < -0.4 is 5.32 Å². The van der Waals surface area contributed by atoms with Gasteiger partial charge in [0.15, 0.2) is 11.0 Å². The second kappa shape index (κ2) is 9.57. The van der Waals surface area contributed by atoms with Gasteiger partial charge in [-0.05, 0) is 54.6 Å². The van der Waals surface area contributed by atoms with Gasteiger partial charge in [-0.2, -0.15) is 15.3 Å². The summed E-state index contributed by atoms with van der Waals surface area (Å²) in [6.45, 7) is 1.89. The number of halogens is 1. The lowest BCUT2D eigenvalue weighted by atomic mass is 10.2. The normalized spacial score (nSPS) is 16.1. The van der Waals surface area contributed by atoms with Gasteiger partial charge in [0.05, 0.1) is 28.1 Å². The number of nitrogens with one attached hydrogen (secondary N) is 1. The van der Waals surface area contributed by atoms with Crippen LogP contribution in [0.25, 0.3) is 17.6 Å². The average Bonchev–Trinajstić information content (AvgIpc) is 3.55. The molecule has 1 saturated heterocycles. The minimum Gasteiger partial charge on any atom is -0.299 e. The largest absolute Gasteiger partial charge is 0.299 e. The molecule has 1 N–H and O–H groups in total. The van der Waals surface area contributed by atoms with E-state index in [1.165, 1.54) is 18.1 Å². The van der Waals surface area contributed by atoms with E-state index in [1.807, 2.05) is 67.6 Å². The summed E-state index contributed by atoms with van der Waals surface area (Å²) >= 11 is 4.68. The summed E-state index contributed by atoms with van der Waals surface area (Å²) in [4.78, 5) is 17.0. The molecule has 0 unspecified atom stereocenters. The summed E-state index contributed by atoms with van der Waals surface area (Å²) in [7, 11) is 0. The van der Waals surface area contributed by atoms with Crippen molar-refractivity contribution in [1.29, 1.82) is 0 Å². The van der Waals surface area contributed by atoms with Crippen molar-refractivity contribution in [1.82, 2.24) is 29.9 Å². The molecule has 0 bridgehead atoms. The zero-order chi connectivity index (χ0) is 23.5. The van der Waals surface area contributed by atoms with Gasteiger partial charge in [-0.15, -0.1) is 5.10 Å². The van der Waals surface area contributed by atoms with E-state index in [-0.39, 0.29) is 5.91 Å². The predicted molar refractivity (Wildman–Crippen MR) is 136 cm³/mol. The van der Waals surface area contributed by atoms with E-state index in [9.17, 15) is 4.79 Å². The Labute approximate surface area is 207 Å². The summed E-state index contributed by atoms with van der Waals surface area (Å²) in [5.74, 6) is 0.471. The topological polar surface area (TPSA) is 102 Å². The van der Waals surface area contributed by atoms with Crippen LogP contribution in [0.1, 0.15) is 16.8 Å². The van der Waals surface area contributed by atoms with Crippen molar-refractivity contribution in [3.05, 3.63) is 93.5 Å². The molecular weight excluding hydrogens is 516 g/mol. The molecule has 11 heteroatoms. The number of thioether (sulfide) groups is 1. The minimum absolute atomic E-state index is 0.213. The fraction of sp³-hybridized carbons (Fsp3) is 0.0435. The third-order valence-corrected chi connectivity index (χ3v) is 6.24. The van der Waals surface area contributed by atoms with E-state index in [2.05, 4.69) is 46.6 Å². The molecule has 1 aliphatic heterocycles. The number of hydrogen-bond acceptors (Lipinski definition) is 7. The molecule has 2 aromatic heterocycles. The molecule has 34 heavy (non-hydrogen) atoms. The third kappa shape index (κ3) is 4.61. The van der Waals surface area contributed by atoms with Crippen LogP contribution in [0.5, 0.6) is 0 Å². The number of amides is 1. The van der Waals surface area contributed by atoms with E-state index in [0.717, 1.165) is 27.0 Å². The van der Waals surface area contributed by atoms with E-state index in [1.54, 1.807) is 21.9 Å². The highest BCUT2D eigenvalue weighted by Gasteiger charge is 2.24. The molecule has 9 nitrogen and oxygen atoms in total. The van der Waals surface area contributed by atoms with Crippen molar-refractivity contribution in [3.63, 3.8) is 0 Å². The molecule has 1 fully saturated rings. The summed E-state index contributed by atoms with van der Waals surface area (Å²) in [6, 6.07) is 17.5. The van der Waals surface area contributed by atoms with Crippen LogP contribution in [0.2, 0.25) is 0 Å². The van der Waals surface area contributed by atoms with E-state index in [0.29, 0.717) is 15.9 Å². The number of hydrogen-bond donors (Lipinski definition) is 1. The standard InChI is InChI=1S/C23H17BrN8OS/c1-15-19(22(31-14-25-13-27-31)32(30-15)18-8-3-2-4-9-18)12-26-29-23-28-21(33)20(34-23)11-16-6-5-7-17(24)10-16/h2-14H,1H3,(H,28,29,33). The van der Waals surface area contributed by atoms with Crippen LogP contribution in [-0.2, 0) is 4.79 Å². The highest BCUT2D eigenvalue weighted by atomic mass is 79.9. The maximum Gasteiger partial charge on any atom is 0.264 e. The Morgan fingerprint density at radius 2 is 2.00 bits per heavy atom. The van der Waals surface area contributed by atoms with Crippen molar-refractivity contribution in [2.75, 3.05) is 0 Å². The molecule has 168 valence electrons. The Kier molecular flexibility index (Phi) is 6.19. The fourth-order valence-electron chi connectivity index (χ4n) is 3.33. The predicted octanol–water partition coefficient (Wildman–Crippen LogP) is 4.12. The summed E-state index contributed by atoms with van der Waals surface area (Å²) in [5, 5.41) is 20.5. The number of aryl methyl sites for hydroxylation is 1. The maximum atomic E-state index is 12.4. The average molecular weight is 533 g/mol. The summed E-state index contributed by atoms with van der Waals surface area (Å²) in [6.07, 6.45) is 6.48. The van der Waals surface area contributed by atoms with Crippen molar-refractivity contribution >= 4 is 51.1 Å². The van der Waals surface area contributed by atoms with Gasteiger partial charge >= 0.3 is 0 Å². The first kappa shape index (κ1) is 22.0. The molecule has 4 aromatic rings. The lowest BCUT2D eigenvalue weighted by molar-refractivity contribution is -0.115. The molecule has 0 radical (unpaired) electrons. The second-order valence-corrected chi connectivity index (χ2v) is 9.13. The zero-order valence-electron chi connectivity index (χ0n) is 17.8. The van der Waals surface area contributed by atoms with E-state index < -0.39 is 0 Å². The van der Waals surface area contributed by atoms with Gasteiger partial charge in [-0.25, -0.2) is 14.3 Å². The molecule has 1 aliphatic rings. The molecule has 1 amide bonds. The van der Waals surface area contributed by atoms with Crippen molar-refractivity contribution in [3.8, 4) is 11.5 Å². The zero-order valence-corrected chi connectivity index (χ0v) is 20.2. The molecule has 0 aliphatic carbocycles. The number of carbonyl (C=O) groups excluding carboxylic acids is 1. The summed E-state index contributed by atoms with van der Waals surface area (Å²) in [5.41, 5.74) is 3.27. The molecule has 3 heterocycles. The molecule has 0 saturated carbocycles. The molecule has 5 rings (SSSR count). The highest BCUT2D eigenvalue weighted by molar-refractivity contribution is 9.10. The van der Waals surface area contributed by atoms with Crippen molar-refractivity contribution in [2.24, 2.45) is 10.2 Å². The smallest absolute Gasteiger partial charge is 0.264 e. The van der Waals surface area contributed by atoms with Crippen LogP contribution in [0, 0.1) is 6.92 Å². The number of nitrogens with zero attached hydrogens (tertiary/aromatic N) is 7. The number of rotatable bonds is 5. The summed E-state index contributed by atoms with van der Waals surface area (Å²) < 4.78 is 4.36. The first-order valence-electron chi connectivity index (χ1n) is 10.2. The number of carbonyl (C=O) groups is 1. The Morgan fingerprint density at radius 1 is 1.15 bits per heavy atom. The number of amidine groups is 1. The van der Waals surface area contributed by atoms with Gasteiger partial charge in [0, 0.05) is 4.47 Å². The Morgan fingerprint density at radius 3 is 2.76 bits per heavy atom. The number of para-hydroxylation sites is 1. The van der Waals surface area contributed by atoms with Gasteiger partial charge in [0.1, 0.15) is 12.7 Å². The van der Waals surface area contributed by atoms with Crippen LogP contribution in [0.3, 0.4) is 0 Å². The lowest BCUT2D eigenvalue weighted by Gasteiger charge is -2.07. The SMILES string of the molecule is Cc1nn(-c2ccccc2)c(-n2cncn2)c1C=N/N=C1/NC(=O)C(=Cc2cccc(Br)c2)S1. The van der Waals surface area contributed by atoms with Gasteiger partial charge in [0.25, 0.3) is 5.91 Å². The molecule has 0 spiro atoms. The first-order chi connectivity index (χ1) is 16.6. The van der Waals surface area contributed by atoms with Gasteiger partial charge in [0.2, 0.25) is 0 Å². The molecule has 0 atom stereocenters. The number of aromatic nitrogens is 5. The van der Waals surface area contributed by atoms with Crippen LogP contribution >= 0.6 is 27.7 Å². The maximum absolute atomic E-state index is 12.4. The minimum atomic E-state index is -0.213. The highest BCUT2D eigenvalue weighted by Crippen LogP contribution is 2.27. The van der Waals surface area contributed by atoms with Crippen molar-refractivity contribution in [2.45, 2.75) is 6.92 Å².